The molecule has 1 N–H and O–H groups in total. The molecule has 0 aromatic carbocycles. The van der Waals surface area contributed by atoms with Crippen LogP contribution in [0.1, 0.15) is 26.7 Å². The van der Waals surface area contributed by atoms with Gasteiger partial charge in [0.15, 0.2) is 0 Å². The number of ether oxygens (including phenoxy) is 1. The first-order chi connectivity index (χ1) is 7.09. The summed E-state index contributed by atoms with van der Waals surface area (Å²) < 4.78 is 5.32. The molecule has 1 rings (SSSR count). The highest BCUT2D eigenvalue weighted by molar-refractivity contribution is 5.66. The smallest absolute Gasteiger partial charge is 0.304 e. The molecule has 1 unspecified atom stereocenters. The molecular formula is C11H21NO3. The van der Waals surface area contributed by atoms with Crippen molar-refractivity contribution in [2.24, 2.45) is 5.92 Å². The number of carboxylic acid groups (broad SMARTS) is 1. The topological polar surface area (TPSA) is 49.8 Å². The van der Waals surface area contributed by atoms with Crippen molar-refractivity contribution < 1.29 is 14.6 Å². The Labute approximate surface area is 91.2 Å². The maximum Gasteiger partial charge on any atom is 0.304 e. The van der Waals surface area contributed by atoms with Crippen molar-refractivity contribution >= 4 is 5.97 Å². The third kappa shape index (κ3) is 4.62. The molecule has 1 aliphatic rings. The summed E-state index contributed by atoms with van der Waals surface area (Å²) in [7, 11) is 0. The van der Waals surface area contributed by atoms with Crippen molar-refractivity contribution in [2.75, 3.05) is 26.3 Å². The lowest BCUT2D eigenvalue weighted by Crippen LogP contribution is -2.37. The average Bonchev–Trinajstić information content (AvgIpc) is 2.63. The van der Waals surface area contributed by atoms with E-state index in [2.05, 4.69) is 18.7 Å². The maximum absolute atomic E-state index is 10.5. The van der Waals surface area contributed by atoms with Crippen LogP contribution < -0.4 is 0 Å². The second-order valence-corrected chi connectivity index (χ2v) is 4.46. The van der Waals surface area contributed by atoms with Gasteiger partial charge in [0.2, 0.25) is 0 Å². The SMILES string of the molecule is CC(C)N(CCC(=O)O)CC1CCOC1. The summed E-state index contributed by atoms with van der Waals surface area (Å²) >= 11 is 0. The number of rotatable bonds is 6. The first-order valence-electron chi connectivity index (χ1n) is 5.63. The van der Waals surface area contributed by atoms with Crippen molar-refractivity contribution in [3.63, 3.8) is 0 Å². The van der Waals surface area contributed by atoms with E-state index in [-0.39, 0.29) is 6.42 Å². The molecule has 0 aliphatic carbocycles. The van der Waals surface area contributed by atoms with Crippen LogP contribution in [0, 0.1) is 5.92 Å². The van der Waals surface area contributed by atoms with E-state index in [0.717, 1.165) is 26.2 Å². The summed E-state index contributed by atoms with van der Waals surface area (Å²) in [5, 5.41) is 8.65. The Morgan fingerprint density at radius 3 is 2.80 bits per heavy atom. The molecular weight excluding hydrogens is 194 g/mol. The molecule has 4 nitrogen and oxygen atoms in total. The van der Waals surface area contributed by atoms with Crippen LogP contribution in [0.15, 0.2) is 0 Å². The largest absolute Gasteiger partial charge is 0.481 e. The number of carbonyl (C=O) groups is 1. The lowest BCUT2D eigenvalue weighted by Gasteiger charge is -2.28. The Kier molecular flexibility index (Phi) is 5.05. The van der Waals surface area contributed by atoms with Crippen LogP contribution in [-0.2, 0) is 9.53 Å². The summed E-state index contributed by atoms with van der Waals surface area (Å²) in [6.45, 7) is 7.51. The number of nitrogens with zero attached hydrogens (tertiary/aromatic N) is 1. The van der Waals surface area contributed by atoms with Crippen LogP contribution >= 0.6 is 0 Å². The van der Waals surface area contributed by atoms with Crippen LogP contribution in [0.4, 0.5) is 0 Å². The predicted octanol–water partition coefficient (Wildman–Crippen LogP) is 1.21. The summed E-state index contributed by atoms with van der Waals surface area (Å²) in [5.41, 5.74) is 0. The van der Waals surface area contributed by atoms with Crippen molar-refractivity contribution in [1.82, 2.24) is 4.90 Å². The normalized spacial score (nSPS) is 21.5. The maximum atomic E-state index is 10.5. The molecule has 1 saturated heterocycles. The zero-order valence-corrected chi connectivity index (χ0v) is 9.61. The summed E-state index contributed by atoms with van der Waals surface area (Å²) in [6, 6.07) is 0.407. The minimum atomic E-state index is -0.719. The van der Waals surface area contributed by atoms with E-state index in [9.17, 15) is 4.79 Å². The standard InChI is InChI=1S/C11H21NO3/c1-9(2)12(5-3-11(13)14)7-10-4-6-15-8-10/h9-10H,3-8H2,1-2H3,(H,13,14). The van der Waals surface area contributed by atoms with Crippen molar-refractivity contribution in [3.8, 4) is 0 Å². The molecule has 15 heavy (non-hydrogen) atoms. The van der Waals surface area contributed by atoms with E-state index in [1.807, 2.05) is 0 Å². The van der Waals surface area contributed by atoms with Gasteiger partial charge in [-0.3, -0.25) is 9.69 Å². The minimum absolute atomic E-state index is 0.228. The van der Waals surface area contributed by atoms with Gasteiger partial charge in [-0.05, 0) is 26.2 Å². The van der Waals surface area contributed by atoms with Gasteiger partial charge < -0.3 is 9.84 Å². The fourth-order valence-electron chi connectivity index (χ4n) is 1.86. The van der Waals surface area contributed by atoms with Crippen LogP contribution in [0.5, 0.6) is 0 Å². The molecule has 0 bridgehead atoms. The molecule has 1 aliphatic heterocycles. The van der Waals surface area contributed by atoms with Gasteiger partial charge in [0, 0.05) is 25.7 Å². The van der Waals surface area contributed by atoms with Gasteiger partial charge in [0.05, 0.1) is 13.0 Å². The number of hydrogen-bond acceptors (Lipinski definition) is 3. The molecule has 0 saturated carbocycles. The van der Waals surface area contributed by atoms with Crippen LogP contribution in [0.3, 0.4) is 0 Å². The highest BCUT2D eigenvalue weighted by Crippen LogP contribution is 2.15. The molecule has 0 amide bonds. The van der Waals surface area contributed by atoms with Crippen molar-refractivity contribution in [1.29, 1.82) is 0 Å². The van der Waals surface area contributed by atoms with Crippen molar-refractivity contribution in [3.05, 3.63) is 0 Å². The zero-order chi connectivity index (χ0) is 11.3. The van der Waals surface area contributed by atoms with E-state index in [1.165, 1.54) is 0 Å². The fraction of sp³-hybridized carbons (Fsp3) is 0.909. The fourth-order valence-corrected chi connectivity index (χ4v) is 1.86. The predicted molar refractivity (Wildman–Crippen MR) is 57.9 cm³/mol. The van der Waals surface area contributed by atoms with E-state index in [1.54, 1.807) is 0 Å². The monoisotopic (exact) mass is 215 g/mol. The van der Waals surface area contributed by atoms with Crippen molar-refractivity contribution in [2.45, 2.75) is 32.7 Å². The highest BCUT2D eigenvalue weighted by Gasteiger charge is 2.20. The molecule has 0 aromatic heterocycles. The molecule has 1 fully saturated rings. The number of hydrogen-bond donors (Lipinski definition) is 1. The van der Waals surface area contributed by atoms with Gasteiger partial charge in [-0.2, -0.15) is 0 Å². The second kappa shape index (κ2) is 6.08. The average molecular weight is 215 g/mol. The third-order valence-electron chi connectivity index (χ3n) is 2.86. The lowest BCUT2D eigenvalue weighted by atomic mass is 10.1. The summed E-state index contributed by atoms with van der Waals surface area (Å²) in [5.74, 6) is -0.135. The van der Waals surface area contributed by atoms with Gasteiger partial charge >= 0.3 is 5.97 Å². The Morgan fingerprint density at radius 1 is 1.60 bits per heavy atom. The lowest BCUT2D eigenvalue weighted by molar-refractivity contribution is -0.137. The van der Waals surface area contributed by atoms with Gasteiger partial charge in [-0.1, -0.05) is 0 Å². The summed E-state index contributed by atoms with van der Waals surface area (Å²) in [4.78, 5) is 12.7. The molecule has 88 valence electrons. The van der Waals surface area contributed by atoms with Crippen LogP contribution in [0.2, 0.25) is 0 Å². The Hall–Kier alpha value is -0.610. The molecule has 0 aromatic rings. The second-order valence-electron chi connectivity index (χ2n) is 4.46. The number of carboxylic acids is 1. The van der Waals surface area contributed by atoms with Gasteiger partial charge in [0.25, 0.3) is 0 Å². The minimum Gasteiger partial charge on any atom is -0.481 e. The van der Waals surface area contributed by atoms with E-state index in [0.29, 0.717) is 18.5 Å². The third-order valence-corrected chi connectivity index (χ3v) is 2.86. The van der Waals surface area contributed by atoms with Crippen LogP contribution in [-0.4, -0.2) is 48.3 Å². The zero-order valence-electron chi connectivity index (χ0n) is 9.61. The van der Waals surface area contributed by atoms with E-state index < -0.39 is 5.97 Å². The van der Waals surface area contributed by atoms with Crippen LogP contribution in [0.25, 0.3) is 0 Å². The molecule has 1 heterocycles. The Balaban J connectivity index is 2.32. The molecule has 0 radical (unpaired) electrons. The van der Waals surface area contributed by atoms with Gasteiger partial charge in [0.1, 0.15) is 0 Å². The quantitative estimate of drug-likeness (QED) is 0.723. The van der Waals surface area contributed by atoms with Gasteiger partial charge in [-0.25, -0.2) is 0 Å². The van der Waals surface area contributed by atoms with E-state index in [4.69, 9.17) is 9.84 Å². The van der Waals surface area contributed by atoms with Gasteiger partial charge in [-0.15, -0.1) is 0 Å². The first-order valence-corrected chi connectivity index (χ1v) is 5.63. The molecule has 0 spiro atoms. The van der Waals surface area contributed by atoms with E-state index >= 15 is 0 Å². The Morgan fingerprint density at radius 2 is 2.33 bits per heavy atom. The first kappa shape index (κ1) is 12.5. The molecule has 1 atom stereocenters. The Bertz CT molecular complexity index is 200. The summed E-state index contributed by atoms with van der Waals surface area (Å²) in [6.07, 6.45) is 1.34. The highest BCUT2D eigenvalue weighted by atomic mass is 16.5. The molecule has 4 heteroatoms. The number of aliphatic carboxylic acids is 1.